The highest BCUT2D eigenvalue weighted by molar-refractivity contribution is 4.21. The zero-order valence-electron chi connectivity index (χ0n) is 4.73. The average Bonchev–Trinajstić information content (AvgIpc) is 1.68. The third-order valence-corrected chi connectivity index (χ3v) is 0.569. The summed E-state index contributed by atoms with van der Waals surface area (Å²) in [5.41, 5.74) is 5.46. The van der Waals surface area contributed by atoms with Crippen LogP contribution in [-0.4, -0.2) is 18.8 Å². The van der Waals surface area contributed by atoms with Crippen molar-refractivity contribution in [3.63, 3.8) is 0 Å². The Bertz CT molecular complexity index is 37.9. The van der Waals surface area contributed by atoms with Crippen LogP contribution in [0.4, 0.5) is 0 Å². The Balaban J connectivity index is 2.83. The zero-order valence-corrected chi connectivity index (χ0v) is 4.73. The molecule has 4 heteroatoms. The van der Waals surface area contributed by atoms with E-state index in [2.05, 4.69) is 10.9 Å². The fourth-order valence-electron chi connectivity index (χ4n) is 0.249. The van der Waals surface area contributed by atoms with Gasteiger partial charge in [-0.3, -0.25) is 0 Å². The van der Waals surface area contributed by atoms with Gasteiger partial charge in [-0.1, -0.05) is 6.92 Å². The summed E-state index contributed by atoms with van der Waals surface area (Å²) in [6.45, 7) is 2.80. The molecule has 4 nitrogen and oxygen atoms in total. The van der Waals surface area contributed by atoms with Gasteiger partial charge < -0.3 is 0 Å². The van der Waals surface area contributed by atoms with Gasteiger partial charge in [0.25, 0.3) is 0 Å². The van der Waals surface area contributed by atoms with Gasteiger partial charge in [0.15, 0.2) is 0 Å². The molecule has 0 aromatic carbocycles. The lowest BCUT2D eigenvalue weighted by atomic mass is 10.8. The van der Waals surface area contributed by atoms with Gasteiger partial charge in [-0.2, -0.15) is 0 Å². The molecule has 0 saturated carbocycles. The van der Waals surface area contributed by atoms with Crippen molar-refractivity contribution in [1.29, 1.82) is 0 Å². The molecule has 0 aromatic rings. The van der Waals surface area contributed by atoms with Crippen molar-refractivity contribution in [1.82, 2.24) is 16.1 Å². The number of nitrogens with zero attached hydrogens (tertiary/aromatic N) is 1. The highest BCUT2D eigenvalue weighted by atomic mass is 15.8. The predicted molar refractivity (Wildman–Crippen MR) is 28.8 cm³/mol. The van der Waals surface area contributed by atoms with Crippen LogP contribution in [0.3, 0.4) is 0 Å². The van der Waals surface area contributed by atoms with E-state index in [0.29, 0.717) is 0 Å². The lowest BCUT2D eigenvalue weighted by Crippen LogP contribution is -2.51. The Hall–Kier alpha value is -0.160. The maximum Gasteiger partial charge on any atom is 0.0101 e. The molecule has 0 heterocycles. The molecule has 7 heavy (non-hydrogen) atoms. The van der Waals surface area contributed by atoms with Crippen LogP contribution in [0.25, 0.3) is 0 Å². The molecule has 0 rings (SSSR count). The second-order valence-corrected chi connectivity index (χ2v) is 1.11. The largest absolute Gasteiger partial charge is 0.241 e. The molecule has 0 aliphatic rings. The molecule has 44 valence electrons. The third-order valence-electron chi connectivity index (χ3n) is 0.569. The van der Waals surface area contributed by atoms with Gasteiger partial charge in [-0.05, 0) is 0 Å². The molecule has 0 radical (unpaired) electrons. The Morgan fingerprint density at radius 2 is 2.29 bits per heavy atom. The Morgan fingerprint density at radius 1 is 1.71 bits per heavy atom. The number of nitrogens with two attached hydrogens (primary N) is 1. The van der Waals surface area contributed by atoms with Crippen molar-refractivity contribution in [3.05, 3.63) is 0 Å². The van der Waals surface area contributed by atoms with E-state index in [0.717, 1.165) is 6.54 Å². The first-order chi connectivity index (χ1) is 3.31. The summed E-state index contributed by atoms with van der Waals surface area (Å²) in [6.07, 6.45) is 0. The van der Waals surface area contributed by atoms with E-state index in [9.17, 15) is 0 Å². The first kappa shape index (κ1) is 6.84. The molecule has 4 N–H and O–H groups in total. The predicted octanol–water partition coefficient (Wildman–Crippen LogP) is -1.18. The first-order valence-electron chi connectivity index (χ1n) is 2.27. The smallest absolute Gasteiger partial charge is 0.0101 e. The van der Waals surface area contributed by atoms with Crippen LogP contribution in [0.5, 0.6) is 0 Å². The summed E-state index contributed by atoms with van der Waals surface area (Å²) >= 11 is 0. The Labute approximate surface area is 43.6 Å². The minimum atomic E-state index is 0.831. The highest BCUT2D eigenvalue weighted by Crippen LogP contribution is 1.52. The van der Waals surface area contributed by atoms with E-state index in [4.69, 9.17) is 5.84 Å². The lowest BCUT2D eigenvalue weighted by molar-refractivity contribution is 0.135. The van der Waals surface area contributed by atoms with E-state index < -0.39 is 0 Å². The molecular weight excluding hydrogens is 92.1 g/mol. The van der Waals surface area contributed by atoms with Crippen LogP contribution in [0.2, 0.25) is 0 Å². The van der Waals surface area contributed by atoms with Crippen LogP contribution in [0.1, 0.15) is 6.92 Å². The summed E-state index contributed by atoms with van der Waals surface area (Å²) in [4.78, 5) is 0. The van der Waals surface area contributed by atoms with E-state index in [-0.39, 0.29) is 0 Å². The fourth-order valence-corrected chi connectivity index (χ4v) is 0.249. The first-order valence-corrected chi connectivity index (χ1v) is 2.27. The summed E-state index contributed by atoms with van der Waals surface area (Å²) in [7, 11) is 1.74. The van der Waals surface area contributed by atoms with Crippen LogP contribution < -0.4 is 16.7 Å². The molecule has 0 saturated heterocycles. The summed E-state index contributed by atoms with van der Waals surface area (Å²) in [5, 5.41) is 1.31. The van der Waals surface area contributed by atoms with Crippen LogP contribution in [0, 0.1) is 0 Å². The summed E-state index contributed by atoms with van der Waals surface area (Å²) in [6, 6.07) is 0. The van der Waals surface area contributed by atoms with Crippen molar-refractivity contribution >= 4 is 0 Å². The van der Waals surface area contributed by atoms with Gasteiger partial charge in [-0.25, -0.2) is 16.7 Å². The van der Waals surface area contributed by atoms with E-state index in [1.165, 1.54) is 5.23 Å². The molecule has 0 amide bonds. The van der Waals surface area contributed by atoms with Crippen LogP contribution in [-0.2, 0) is 0 Å². The number of nitrogens with one attached hydrogen (secondary N) is 2. The van der Waals surface area contributed by atoms with Crippen LogP contribution >= 0.6 is 0 Å². The molecule has 0 fully saturated rings. The van der Waals surface area contributed by atoms with Crippen molar-refractivity contribution < 1.29 is 0 Å². The van der Waals surface area contributed by atoms with Crippen molar-refractivity contribution in [2.75, 3.05) is 13.6 Å². The molecule has 0 aliphatic heterocycles. The zero-order chi connectivity index (χ0) is 5.70. The van der Waals surface area contributed by atoms with Gasteiger partial charge in [-0.15, -0.1) is 5.23 Å². The van der Waals surface area contributed by atoms with Crippen LogP contribution in [0.15, 0.2) is 0 Å². The van der Waals surface area contributed by atoms with Gasteiger partial charge in [0, 0.05) is 13.6 Å². The normalized spacial score (nSPS) is 10.3. The number of rotatable bonds is 3. The topological polar surface area (TPSA) is 53.3 Å². The SMILES string of the molecule is CCNN(N)NC. The lowest BCUT2D eigenvalue weighted by Gasteiger charge is -2.12. The van der Waals surface area contributed by atoms with Gasteiger partial charge in [0.1, 0.15) is 0 Å². The molecule has 0 unspecified atom stereocenters. The second kappa shape index (κ2) is 4.01. The molecule has 0 spiro atoms. The highest BCUT2D eigenvalue weighted by Gasteiger charge is 1.83. The molecule has 0 aliphatic carbocycles. The second-order valence-electron chi connectivity index (χ2n) is 1.11. The molecule has 0 aromatic heterocycles. The van der Waals surface area contributed by atoms with Crippen molar-refractivity contribution in [2.45, 2.75) is 6.92 Å². The standard InChI is InChI=1S/C3H12N4/c1-3-6-7(4)5-2/h5-6H,3-4H2,1-2H3. The minimum Gasteiger partial charge on any atom is -0.241 e. The molecular formula is C3H12N4. The maximum absolute atomic E-state index is 5.19. The van der Waals surface area contributed by atoms with E-state index in [1.54, 1.807) is 7.05 Å². The van der Waals surface area contributed by atoms with Gasteiger partial charge >= 0.3 is 0 Å². The minimum absolute atomic E-state index is 0.831. The van der Waals surface area contributed by atoms with E-state index in [1.807, 2.05) is 6.92 Å². The van der Waals surface area contributed by atoms with E-state index >= 15 is 0 Å². The fraction of sp³-hybridized carbons (Fsp3) is 1.00. The molecule has 0 bridgehead atoms. The number of hydrogen-bond acceptors (Lipinski definition) is 4. The molecule has 0 atom stereocenters. The number of hydrogen-bond donors (Lipinski definition) is 3. The van der Waals surface area contributed by atoms with Crippen molar-refractivity contribution in [3.8, 4) is 0 Å². The monoisotopic (exact) mass is 104 g/mol. The third kappa shape index (κ3) is 3.68. The Kier molecular flexibility index (Phi) is 3.92. The quantitative estimate of drug-likeness (QED) is 0.311. The van der Waals surface area contributed by atoms with Gasteiger partial charge in [0.2, 0.25) is 0 Å². The summed E-state index contributed by atoms with van der Waals surface area (Å²) < 4.78 is 0. The van der Waals surface area contributed by atoms with Crippen molar-refractivity contribution in [2.24, 2.45) is 5.84 Å². The maximum atomic E-state index is 5.19. The Morgan fingerprint density at radius 3 is 2.43 bits per heavy atom. The van der Waals surface area contributed by atoms with Gasteiger partial charge in [0.05, 0.1) is 0 Å². The number of hydrazine groups is 3. The summed E-state index contributed by atoms with van der Waals surface area (Å²) in [5.74, 6) is 5.19. The average molecular weight is 104 g/mol.